The summed E-state index contributed by atoms with van der Waals surface area (Å²) >= 11 is 3.38. The van der Waals surface area contributed by atoms with Crippen molar-refractivity contribution in [3.8, 4) is 5.75 Å². The van der Waals surface area contributed by atoms with Gasteiger partial charge in [-0.15, -0.1) is 0 Å². The van der Waals surface area contributed by atoms with E-state index in [4.69, 9.17) is 9.47 Å². The summed E-state index contributed by atoms with van der Waals surface area (Å²) in [5.41, 5.74) is 1.05. The van der Waals surface area contributed by atoms with E-state index < -0.39 is 0 Å². The van der Waals surface area contributed by atoms with Crippen molar-refractivity contribution >= 4 is 21.9 Å². The molecule has 0 aliphatic carbocycles. The molecule has 0 spiro atoms. The second-order valence-electron chi connectivity index (χ2n) is 3.38. The number of rotatable bonds is 5. The van der Waals surface area contributed by atoms with Gasteiger partial charge in [-0.05, 0) is 37.6 Å². The Labute approximate surface area is 110 Å². The Hall–Kier alpha value is -1.29. The minimum atomic E-state index is -0.345. The summed E-state index contributed by atoms with van der Waals surface area (Å²) in [4.78, 5) is 11.0. The van der Waals surface area contributed by atoms with Gasteiger partial charge in [0.15, 0.2) is 0 Å². The van der Waals surface area contributed by atoms with Crippen molar-refractivity contribution in [3.63, 3.8) is 0 Å². The number of ether oxygens (including phenoxy) is 2. The predicted molar refractivity (Wildman–Crippen MR) is 70.1 cm³/mol. The van der Waals surface area contributed by atoms with Crippen LogP contribution < -0.4 is 4.74 Å². The molecule has 0 aromatic heterocycles. The maximum atomic E-state index is 11.0. The quantitative estimate of drug-likeness (QED) is 0.618. The van der Waals surface area contributed by atoms with E-state index in [9.17, 15) is 4.79 Å². The van der Waals surface area contributed by atoms with Gasteiger partial charge in [0.25, 0.3) is 0 Å². The molecule has 0 aliphatic rings. The molecule has 17 heavy (non-hydrogen) atoms. The number of carbonyl (C=O) groups is 1. The summed E-state index contributed by atoms with van der Waals surface area (Å²) in [6.07, 6.45) is 3.01. The smallest absolute Gasteiger partial charge is 0.330 e. The molecule has 4 heteroatoms. The topological polar surface area (TPSA) is 35.5 Å². The minimum Gasteiger partial charge on any atom is -0.489 e. The lowest BCUT2D eigenvalue weighted by atomic mass is 10.2. The highest BCUT2D eigenvalue weighted by atomic mass is 79.9. The first-order valence-electron chi connectivity index (χ1n) is 5.35. The average Bonchev–Trinajstić information content (AvgIpc) is 2.29. The number of halogens is 1. The molecule has 0 bridgehead atoms. The van der Waals surface area contributed by atoms with E-state index in [2.05, 4.69) is 15.9 Å². The molecule has 92 valence electrons. The SMILES string of the molecule is CCOC(=O)/C=C/COc1cc(Br)ccc1C. The Kier molecular flexibility index (Phi) is 5.77. The molecular formula is C13H15BrO3. The summed E-state index contributed by atoms with van der Waals surface area (Å²) in [6.45, 7) is 4.47. The molecule has 3 nitrogen and oxygen atoms in total. The molecule has 0 amide bonds. The Morgan fingerprint density at radius 2 is 2.24 bits per heavy atom. The van der Waals surface area contributed by atoms with Gasteiger partial charge in [-0.25, -0.2) is 4.79 Å². The number of hydrogen-bond donors (Lipinski definition) is 0. The maximum Gasteiger partial charge on any atom is 0.330 e. The Morgan fingerprint density at radius 1 is 1.47 bits per heavy atom. The maximum absolute atomic E-state index is 11.0. The van der Waals surface area contributed by atoms with Crippen molar-refractivity contribution in [2.24, 2.45) is 0 Å². The van der Waals surface area contributed by atoms with Crippen LogP contribution >= 0.6 is 15.9 Å². The zero-order valence-corrected chi connectivity index (χ0v) is 11.5. The van der Waals surface area contributed by atoms with Crippen LogP contribution in [0.25, 0.3) is 0 Å². The van der Waals surface area contributed by atoms with Crippen molar-refractivity contribution in [1.29, 1.82) is 0 Å². The molecule has 0 fully saturated rings. The van der Waals surface area contributed by atoms with E-state index in [1.165, 1.54) is 6.08 Å². The molecular weight excluding hydrogens is 284 g/mol. The fourth-order valence-electron chi connectivity index (χ4n) is 1.20. The first-order chi connectivity index (χ1) is 8.13. The first-order valence-corrected chi connectivity index (χ1v) is 6.15. The van der Waals surface area contributed by atoms with E-state index >= 15 is 0 Å². The molecule has 0 saturated heterocycles. The molecule has 0 atom stereocenters. The van der Waals surface area contributed by atoms with Gasteiger partial charge in [0.05, 0.1) is 6.61 Å². The van der Waals surface area contributed by atoms with Gasteiger partial charge in [-0.2, -0.15) is 0 Å². The summed E-state index contributed by atoms with van der Waals surface area (Å²) < 4.78 is 11.2. The lowest BCUT2D eigenvalue weighted by Crippen LogP contribution is -2.01. The Balaban J connectivity index is 2.45. The van der Waals surface area contributed by atoms with Gasteiger partial charge >= 0.3 is 5.97 Å². The first kappa shape index (κ1) is 13.8. The summed E-state index contributed by atoms with van der Waals surface area (Å²) in [6, 6.07) is 5.82. The van der Waals surface area contributed by atoms with Crippen LogP contribution in [0.2, 0.25) is 0 Å². The number of hydrogen-bond acceptors (Lipinski definition) is 3. The van der Waals surface area contributed by atoms with Crippen molar-refractivity contribution in [2.45, 2.75) is 13.8 Å². The van der Waals surface area contributed by atoms with Crippen LogP contribution in [0.1, 0.15) is 12.5 Å². The second-order valence-corrected chi connectivity index (χ2v) is 4.29. The standard InChI is InChI=1S/C13H15BrO3/c1-3-16-13(15)5-4-8-17-12-9-11(14)7-6-10(12)2/h4-7,9H,3,8H2,1-2H3/b5-4+. The second kappa shape index (κ2) is 7.12. The molecule has 1 aromatic rings. The highest BCUT2D eigenvalue weighted by Gasteiger charge is 1.99. The molecule has 0 aliphatic heterocycles. The van der Waals surface area contributed by atoms with Gasteiger partial charge < -0.3 is 9.47 Å². The van der Waals surface area contributed by atoms with Crippen LogP contribution in [0.15, 0.2) is 34.8 Å². The fraction of sp³-hybridized carbons (Fsp3) is 0.308. The van der Waals surface area contributed by atoms with Gasteiger partial charge in [0.1, 0.15) is 12.4 Å². The van der Waals surface area contributed by atoms with Crippen molar-refractivity contribution in [1.82, 2.24) is 0 Å². The molecule has 1 aromatic carbocycles. The van der Waals surface area contributed by atoms with Gasteiger partial charge in [0.2, 0.25) is 0 Å². The van der Waals surface area contributed by atoms with Crippen LogP contribution in [0.4, 0.5) is 0 Å². The lowest BCUT2D eigenvalue weighted by molar-refractivity contribution is -0.137. The monoisotopic (exact) mass is 298 g/mol. The fourth-order valence-corrected chi connectivity index (χ4v) is 1.54. The normalized spacial score (nSPS) is 10.5. The summed E-state index contributed by atoms with van der Waals surface area (Å²) in [5.74, 6) is 0.454. The summed E-state index contributed by atoms with van der Waals surface area (Å²) in [5, 5.41) is 0. The lowest BCUT2D eigenvalue weighted by Gasteiger charge is -2.07. The van der Waals surface area contributed by atoms with E-state index in [0.717, 1.165) is 15.8 Å². The van der Waals surface area contributed by atoms with Crippen LogP contribution in [0.3, 0.4) is 0 Å². The third-order valence-corrected chi connectivity index (χ3v) is 2.52. The number of esters is 1. The van der Waals surface area contributed by atoms with Crippen molar-refractivity contribution in [2.75, 3.05) is 13.2 Å². The van der Waals surface area contributed by atoms with E-state index in [-0.39, 0.29) is 5.97 Å². The highest BCUT2D eigenvalue weighted by molar-refractivity contribution is 9.10. The molecule has 0 radical (unpaired) electrons. The molecule has 0 unspecified atom stereocenters. The van der Waals surface area contributed by atoms with E-state index in [0.29, 0.717) is 13.2 Å². The zero-order valence-electron chi connectivity index (χ0n) is 9.90. The van der Waals surface area contributed by atoms with Gasteiger partial charge in [-0.3, -0.25) is 0 Å². The predicted octanol–water partition coefficient (Wildman–Crippen LogP) is 3.26. The molecule has 0 saturated carbocycles. The molecule has 0 N–H and O–H groups in total. The van der Waals surface area contributed by atoms with Crippen LogP contribution in [0.5, 0.6) is 5.75 Å². The van der Waals surface area contributed by atoms with Gasteiger partial charge in [0, 0.05) is 10.5 Å². The Bertz CT molecular complexity index is 413. The molecule has 0 heterocycles. The third-order valence-electron chi connectivity index (χ3n) is 2.03. The summed E-state index contributed by atoms with van der Waals surface area (Å²) in [7, 11) is 0. The number of benzene rings is 1. The highest BCUT2D eigenvalue weighted by Crippen LogP contribution is 2.22. The third kappa shape index (κ3) is 5.04. The largest absolute Gasteiger partial charge is 0.489 e. The molecule has 1 rings (SSSR count). The number of aryl methyl sites for hydroxylation is 1. The van der Waals surface area contributed by atoms with Crippen molar-refractivity contribution < 1.29 is 14.3 Å². The van der Waals surface area contributed by atoms with Crippen molar-refractivity contribution in [3.05, 3.63) is 40.4 Å². The minimum absolute atomic E-state index is 0.343. The van der Waals surface area contributed by atoms with Crippen LogP contribution in [-0.2, 0) is 9.53 Å². The number of carbonyl (C=O) groups excluding carboxylic acids is 1. The Morgan fingerprint density at radius 3 is 2.94 bits per heavy atom. The van der Waals surface area contributed by atoms with Crippen LogP contribution in [-0.4, -0.2) is 19.2 Å². The van der Waals surface area contributed by atoms with Crippen LogP contribution in [0, 0.1) is 6.92 Å². The zero-order chi connectivity index (χ0) is 12.7. The average molecular weight is 299 g/mol. The van der Waals surface area contributed by atoms with E-state index in [1.807, 2.05) is 25.1 Å². The van der Waals surface area contributed by atoms with Gasteiger partial charge in [-0.1, -0.05) is 22.0 Å². The van der Waals surface area contributed by atoms with E-state index in [1.54, 1.807) is 13.0 Å².